The van der Waals surface area contributed by atoms with E-state index in [9.17, 15) is 9.59 Å². The largest absolute Gasteiger partial charge is 0.361 e. The van der Waals surface area contributed by atoms with Crippen LogP contribution in [-0.2, 0) is 11.2 Å². The van der Waals surface area contributed by atoms with Gasteiger partial charge < -0.3 is 14.7 Å². The number of thiophene rings is 1. The molecule has 1 fully saturated rings. The highest BCUT2D eigenvalue weighted by Gasteiger charge is 2.46. The molecule has 1 saturated heterocycles. The Hall–Kier alpha value is -2.93. The lowest BCUT2D eigenvalue weighted by Gasteiger charge is -2.28. The molecule has 0 saturated carbocycles. The van der Waals surface area contributed by atoms with Crippen molar-refractivity contribution in [3.8, 4) is 11.1 Å². The normalized spacial score (nSPS) is 18.4. The van der Waals surface area contributed by atoms with Crippen LogP contribution in [0.4, 0.5) is 0 Å². The third-order valence-corrected chi connectivity index (χ3v) is 6.74. The predicted octanol–water partition coefficient (Wildman–Crippen LogP) is 4.23. The van der Waals surface area contributed by atoms with Crippen molar-refractivity contribution in [3.05, 3.63) is 63.7 Å². The Morgan fingerprint density at radius 1 is 1.19 bits per heavy atom. The van der Waals surface area contributed by atoms with E-state index in [1.807, 2.05) is 6.92 Å². The molecule has 4 rings (SSSR count). The maximum Gasteiger partial charge on any atom is 0.259 e. The number of benzene rings is 1. The van der Waals surface area contributed by atoms with Gasteiger partial charge in [0.25, 0.3) is 5.91 Å². The monoisotopic (exact) mass is 437 g/mol. The number of aryl methyl sites for hydroxylation is 2. The maximum absolute atomic E-state index is 13.1. The number of rotatable bonds is 6. The standard InChI is InChI=1S/C24H27N3O3S/c1-4-25-23(29)24(13-18-5-7-19(8-6-18)20-9-12-31-14-20)10-11-27(15-24)22(28)21-16(2)26-30-17(21)3/h5-9,12,14H,4,10-11,13,15H2,1-3H3,(H,25,29). The summed E-state index contributed by atoms with van der Waals surface area (Å²) in [5, 5.41) is 11.1. The molecule has 0 radical (unpaired) electrons. The molecule has 1 aromatic carbocycles. The van der Waals surface area contributed by atoms with Crippen LogP contribution in [0, 0.1) is 19.3 Å². The van der Waals surface area contributed by atoms with E-state index < -0.39 is 5.41 Å². The molecule has 1 N–H and O–H groups in total. The fourth-order valence-electron chi connectivity index (χ4n) is 4.38. The van der Waals surface area contributed by atoms with Crippen molar-refractivity contribution in [3.63, 3.8) is 0 Å². The van der Waals surface area contributed by atoms with Crippen molar-refractivity contribution in [1.82, 2.24) is 15.4 Å². The van der Waals surface area contributed by atoms with Gasteiger partial charge in [0, 0.05) is 19.6 Å². The van der Waals surface area contributed by atoms with Crippen LogP contribution in [0.1, 0.15) is 40.7 Å². The van der Waals surface area contributed by atoms with Crippen LogP contribution in [0.3, 0.4) is 0 Å². The van der Waals surface area contributed by atoms with Crippen LogP contribution in [0.2, 0.25) is 0 Å². The van der Waals surface area contributed by atoms with Crippen LogP contribution < -0.4 is 5.32 Å². The van der Waals surface area contributed by atoms with Gasteiger partial charge in [0.1, 0.15) is 11.3 Å². The Morgan fingerprint density at radius 3 is 2.58 bits per heavy atom. The second kappa shape index (κ2) is 8.67. The Kier molecular flexibility index (Phi) is 5.96. The van der Waals surface area contributed by atoms with Gasteiger partial charge in [-0.05, 0) is 67.1 Å². The SMILES string of the molecule is CCNC(=O)C1(Cc2ccc(-c3ccsc3)cc2)CCN(C(=O)c2c(C)noc2C)C1. The van der Waals surface area contributed by atoms with Crippen molar-refractivity contribution < 1.29 is 14.1 Å². The minimum absolute atomic E-state index is 0.00553. The first-order valence-corrected chi connectivity index (χ1v) is 11.5. The molecule has 0 spiro atoms. The van der Waals surface area contributed by atoms with Crippen molar-refractivity contribution in [1.29, 1.82) is 0 Å². The molecule has 1 aliphatic rings. The Labute approximate surface area is 186 Å². The minimum Gasteiger partial charge on any atom is -0.361 e. The zero-order valence-corrected chi connectivity index (χ0v) is 18.9. The number of carbonyl (C=O) groups is 2. The Bertz CT molecular complexity index is 1050. The molecule has 1 unspecified atom stereocenters. The molecular formula is C24H27N3O3S. The third kappa shape index (κ3) is 4.14. The van der Waals surface area contributed by atoms with Crippen LogP contribution in [0.5, 0.6) is 0 Å². The van der Waals surface area contributed by atoms with Crippen LogP contribution in [0.25, 0.3) is 11.1 Å². The highest BCUT2D eigenvalue weighted by atomic mass is 32.1. The Morgan fingerprint density at radius 2 is 1.97 bits per heavy atom. The first kappa shape index (κ1) is 21.3. The summed E-state index contributed by atoms with van der Waals surface area (Å²) in [4.78, 5) is 28.0. The van der Waals surface area contributed by atoms with Crippen LogP contribution in [-0.4, -0.2) is 41.5 Å². The summed E-state index contributed by atoms with van der Waals surface area (Å²) < 4.78 is 5.18. The molecule has 2 amide bonds. The predicted molar refractivity (Wildman–Crippen MR) is 121 cm³/mol. The smallest absolute Gasteiger partial charge is 0.259 e. The topological polar surface area (TPSA) is 75.4 Å². The number of hydrogen-bond donors (Lipinski definition) is 1. The lowest BCUT2D eigenvalue weighted by Crippen LogP contribution is -2.45. The van der Waals surface area contributed by atoms with Gasteiger partial charge in [0.15, 0.2) is 0 Å². The summed E-state index contributed by atoms with van der Waals surface area (Å²) in [5.74, 6) is 0.406. The number of nitrogens with one attached hydrogen (secondary N) is 1. The molecular weight excluding hydrogens is 410 g/mol. The molecule has 31 heavy (non-hydrogen) atoms. The van der Waals surface area contributed by atoms with Crippen LogP contribution >= 0.6 is 11.3 Å². The molecule has 0 bridgehead atoms. The van der Waals surface area contributed by atoms with Gasteiger partial charge in [0.05, 0.1) is 11.1 Å². The molecule has 3 aromatic rings. The number of nitrogens with zero attached hydrogens (tertiary/aromatic N) is 2. The van der Waals surface area contributed by atoms with E-state index in [0.717, 1.165) is 5.56 Å². The summed E-state index contributed by atoms with van der Waals surface area (Å²) in [6.45, 7) is 6.92. The zero-order valence-electron chi connectivity index (χ0n) is 18.1. The Balaban J connectivity index is 1.57. The van der Waals surface area contributed by atoms with Gasteiger partial charge in [-0.2, -0.15) is 11.3 Å². The van der Waals surface area contributed by atoms with E-state index >= 15 is 0 Å². The first-order valence-electron chi connectivity index (χ1n) is 10.6. The molecule has 0 aliphatic carbocycles. The summed E-state index contributed by atoms with van der Waals surface area (Å²) in [5.41, 5.74) is 3.91. The van der Waals surface area contributed by atoms with Crippen molar-refractivity contribution >= 4 is 23.2 Å². The fourth-order valence-corrected chi connectivity index (χ4v) is 5.05. The first-order chi connectivity index (χ1) is 14.9. The molecule has 1 aliphatic heterocycles. The quantitative estimate of drug-likeness (QED) is 0.626. The minimum atomic E-state index is -0.644. The van der Waals surface area contributed by atoms with E-state index in [0.29, 0.717) is 49.5 Å². The molecule has 162 valence electrons. The van der Waals surface area contributed by atoms with Crippen LogP contribution in [0.15, 0.2) is 45.6 Å². The average molecular weight is 438 g/mol. The van der Waals surface area contributed by atoms with Crippen molar-refractivity contribution in [2.24, 2.45) is 5.41 Å². The lowest BCUT2D eigenvalue weighted by atomic mass is 9.79. The van der Waals surface area contributed by atoms with Gasteiger partial charge in [0.2, 0.25) is 5.91 Å². The van der Waals surface area contributed by atoms with Gasteiger partial charge in [-0.15, -0.1) is 0 Å². The molecule has 1 atom stereocenters. The summed E-state index contributed by atoms with van der Waals surface area (Å²) >= 11 is 1.68. The van der Waals surface area contributed by atoms with Crippen molar-refractivity contribution in [2.45, 2.75) is 33.6 Å². The van der Waals surface area contributed by atoms with E-state index in [4.69, 9.17) is 4.52 Å². The van der Waals surface area contributed by atoms with E-state index in [1.165, 1.54) is 11.1 Å². The second-order valence-electron chi connectivity index (χ2n) is 8.20. The fraction of sp³-hybridized carbons (Fsp3) is 0.375. The van der Waals surface area contributed by atoms with Gasteiger partial charge >= 0.3 is 0 Å². The highest BCUT2D eigenvalue weighted by molar-refractivity contribution is 7.08. The third-order valence-electron chi connectivity index (χ3n) is 6.06. The average Bonchev–Trinajstić information content (AvgIpc) is 3.50. The van der Waals surface area contributed by atoms with Gasteiger partial charge in [-0.3, -0.25) is 9.59 Å². The molecule has 3 heterocycles. The maximum atomic E-state index is 13.1. The van der Waals surface area contributed by atoms with E-state index in [-0.39, 0.29) is 11.8 Å². The highest BCUT2D eigenvalue weighted by Crippen LogP contribution is 2.36. The van der Waals surface area contributed by atoms with E-state index in [2.05, 4.69) is 51.6 Å². The summed E-state index contributed by atoms with van der Waals surface area (Å²) in [6.07, 6.45) is 1.22. The zero-order chi connectivity index (χ0) is 22.0. The number of likely N-dealkylation sites (tertiary alicyclic amines) is 1. The molecule has 2 aromatic heterocycles. The molecule has 6 nitrogen and oxygen atoms in total. The number of hydrogen-bond acceptors (Lipinski definition) is 5. The lowest BCUT2D eigenvalue weighted by molar-refractivity contribution is -0.130. The van der Waals surface area contributed by atoms with Gasteiger partial charge in [-0.1, -0.05) is 29.4 Å². The summed E-state index contributed by atoms with van der Waals surface area (Å²) in [7, 11) is 0. The number of aromatic nitrogens is 1. The van der Waals surface area contributed by atoms with E-state index in [1.54, 1.807) is 30.1 Å². The molecule has 7 heteroatoms. The van der Waals surface area contributed by atoms with Crippen molar-refractivity contribution in [2.75, 3.05) is 19.6 Å². The number of amides is 2. The second-order valence-corrected chi connectivity index (χ2v) is 8.98. The summed E-state index contributed by atoms with van der Waals surface area (Å²) in [6, 6.07) is 10.5. The number of carbonyl (C=O) groups excluding carboxylic acids is 2. The van der Waals surface area contributed by atoms with Gasteiger partial charge in [-0.25, -0.2) is 0 Å².